The molecule has 2 aromatic carbocycles. The predicted molar refractivity (Wildman–Crippen MR) is 108 cm³/mol. The van der Waals surface area contributed by atoms with Crippen LogP contribution in [0.15, 0.2) is 48.7 Å². The highest BCUT2D eigenvalue weighted by Crippen LogP contribution is 2.20. The van der Waals surface area contributed by atoms with Crippen LogP contribution in [0.1, 0.15) is 28.4 Å². The lowest BCUT2D eigenvalue weighted by Gasteiger charge is -2.14. The van der Waals surface area contributed by atoms with Crippen LogP contribution in [0.3, 0.4) is 0 Å². The standard InChI is InChI=1S/C21H24N4O2/c1-3-23-20(26)14-8-9-18(13(2)10-14)25-21(27)17(22)11-15-12-24-19-7-5-4-6-16(15)19/h4-10,12,17,24H,3,11,22H2,1-2H3,(H,23,26)(H,25,27)/t17-/m1/s1. The molecule has 0 unspecified atom stereocenters. The van der Waals surface area contributed by atoms with Crippen LogP contribution in [-0.2, 0) is 11.2 Å². The molecule has 27 heavy (non-hydrogen) atoms. The van der Waals surface area contributed by atoms with E-state index in [1.165, 1.54) is 0 Å². The zero-order valence-electron chi connectivity index (χ0n) is 15.5. The van der Waals surface area contributed by atoms with Gasteiger partial charge in [0.2, 0.25) is 5.91 Å². The number of anilines is 1. The molecule has 0 spiro atoms. The van der Waals surface area contributed by atoms with E-state index < -0.39 is 6.04 Å². The van der Waals surface area contributed by atoms with Gasteiger partial charge in [-0.3, -0.25) is 9.59 Å². The monoisotopic (exact) mass is 364 g/mol. The number of hydrogen-bond donors (Lipinski definition) is 4. The number of carbonyl (C=O) groups is 2. The normalized spacial score (nSPS) is 12.0. The van der Waals surface area contributed by atoms with Gasteiger partial charge in [0, 0.05) is 34.9 Å². The highest BCUT2D eigenvalue weighted by atomic mass is 16.2. The van der Waals surface area contributed by atoms with Crippen molar-refractivity contribution in [1.82, 2.24) is 10.3 Å². The highest BCUT2D eigenvalue weighted by molar-refractivity contribution is 5.98. The van der Waals surface area contributed by atoms with Crippen molar-refractivity contribution in [1.29, 1.82) is 0 Å². The molecular weight excluding hydrogens is 340 g/mol. The molecule has 3 aromatic rings. The van der Waals surface area contributed by atoms with Gasteiger partial charge in [-0.25, -0.2) is 0 Å². The number of amides is 2. The molecule has 1 aromatic heterocycles. The van der Waals surface area contributed by atoms with Crippen LogP contribution in [0.25, 0.3) is 10.9 Å². The van der Waals surface area contributed by atoms with Gasteiger partial charge in [0.25, 0.3) is 5.91 Å². The number of para-hydroxylation sites is 1. The second kappa shape index (κ2) is 8.05. The van der Waals surface area contributed by atoms with E-state index in [0.717, 1.165) is 22.0 Å². The number of carbonyl (C=O) groups excluding carboxylic acids is 2. The molecule has 6 heteroatoms. The number of aromatic amines is 1. The summed E-state index contributed by atoms with van der Waals surface area (Å²) in [5.74, 6) is -0.386. The fraction of sp³-hybridized carbons (Fsp3) is 0.238. The number of rotatable bonds is 6. The van der Waals surface area contributed by atoms with Gasteiger partial charge in [0.15, 0.2) is 0 Å². The smallest absolute Gasteiger partial charge is 0.251 e. The topological polar surface area (TPSA) is 100 Å². The van der Waals surface area contributed by atoms with E-state index in [4.69, 9.17) is 5.73 Å². The Bertz CT molecular complexity index is 977. The second-order valence-corrected chi connectivity index (χ2v) is 6.55. The van der Waals surface area contributed by atoms with Crippen LogP contribution < -0.4 is 16.4 Å². The van der Waals surface area contributed by atoms with Crippen LogP contribution in [0, 0.1) is 6.92 Å². The van der Waals surface area contributed by atoms with Crippen molar-refractivity contribution in [3.8, 4) is 0 Å². The van der Waals surface area contributed by atoms with Crippen LogP contribution in [0.4, 0.5) is 5.69 Å². The van der Waals surface area contributed by atoms with Crippen LogP contribution in [0.2, 0.25) is 0 Å². The molecule has 6 nitrogen and oxygen atoms in total. The van der Waals surface area contributed by atoms with Gasteiger partial charge in [-0.05, 0) is 55.7 Å². The quantitative estimate of drug-likeness (QED) is 0.541. The third-order valence-corrected chi connectivity index (χ3v) is 4.54. The molecular formula is C21H24N4O2. The summed E-state index contributed by atoms with van der Waals surface area (Å²) in [4.78, 5) is 27.6. The summed E-state index contributed by atoms with van der Waals surface area (Å²) in [6.45, 7) is 4.29. The maximum atomic E-state index is 12.5. The first kappa shape index (κ1) is 18.7. The minimum atomic E-state index is -0.674. The Kier molecular flexibility index (Phi) is 5.57. The Morgan fingerprint density at radius 1 is 1.19 bits per heavy atom. The maximum absolute atomic E-state index is 12.5. The average Bonchev–Trinajstić information content (AvgIpc) is 3.06. The van der Waals surface area contributed by atoms with Gasteiger partial charge in [-0.2, -0.15) is 0 Å². The summed E-state index contributed by atoms with van der Waals surface area (Å²) in [6.07, 6.45) is 2.33. The van der Waals surface area contributed by atoms with Gasteiger partial charge < -0.3 is 21.4 Å². The summed E-state index contributed by atoms with van der Waals surface area (Å²) in [7, 11) is 0. The van der Waals surface area contributed by atoms with Gasteiger partial charge in [0.05, 0.1) is 6.04 Å². The summed E-state index contributed by atoms with van der Waals surface area (Å²) < 4.78 is 0. The number of nitrogens with two attached hydrogens (primary N) is 1. The van der Waals surface area contributed by atoms with Crippen LogP contribution in [-0.4, -0.2) is 29.4 Å². The third kappa shape index (κ3) is 4.17. The van der Waals surface area contributed by atoms with Gasteiger partial charge in [0.1, 0.15) is 0 Å². The molecule has 140 valence electrons. The molecule has 3 rings (SSSR count). The molecule has 0 aliphatic carbocycles. The number of aryl methyl sites for hydroxylation is 1. The number of H-pyrrole nitrogens is 1. The van der Waals surface area contributed by atoms with Crippen molar-refractivity contribution in [2.45, 2.75) is 26.3 Å². The Morgan fingerprint density at radius 3 is 2.70 bits per heavy atom. The molecule has 0 saturated carbocycles. The Morgan fingerprint density at radius 2 is 1.96 bits per heavy atom. The fourth-order valence-electron chi connectivity index (χ4n) is 3.06. The van der Waals surface area contributed by atoms with Crippen molar-refractivity contribution in [2.24, 2.45) is 5.73 Å². The summed E-state index contributed by atoms with van der Waals surface area (Å²) in [5.41, 5.74) is 10.2. The molecule has 0 saturated heterocycles. The molecule has 1 atom stereocenters. The summed E-state index contributed by atoms with van der Waals surface area (Å²) in [6, 6.07) is 12.4. The van der Waals surface area contributed by atoms with E-state index in [1.807, 2.05) is 44.3 Å². The van der Waals surface area contributed by atoms with Gasteiger partial charge >= 0.3 is 0 Å². The Balaban J connectivity index is 1.68. The van der Waals surface area contributed by atoms with E-state index in [9.17, 15) is 9.59 Å². The maximum Gasteiger partial charge on any atom is 0.251 e. The predicted octanol–water partition coefficient (Wildman–Crippen LogP) is 2.73. The molecule has 0 aliphatic rings. The number of fused-ring (bicyclic) bond motifs is 1. The molecule has 0 aliphatic heterocycles. The largest absolute Gasteiger partial charge is 0.361 e. The van der Waals surface area contributed by atoms with E-state index in [-0.39, 0.29) is 11.8 Å². The summed E-state index contributed by atoms with van der Waals surface area (Å²) in [5, 5.41) is 6.69. The lowest BCUT2D eigenvalue weighted by Crippen LogP contribution is -2.37. The van der Waals surface area contributed by atoms with Crippen molar-refractivity contribution < 1.29 is 9.59 Å². The number of aromatic nitrogens is 1. The minimum Gasteiger partial charge on any atom is -0.361 e. The zero-order valence-corrected chi connectivity index (χ0v) is 15.5. The minimum absolute atomic E-state index is 0.130. The number of hydrogen-bond acceptors (Lipinski definition) is 3. The first-order chi connectivity index (χ1) is 13.0. The lowest BCUT2D eigenvalue weighted by atomic mass is 10.0. The van der Waals surface area contributed by atoms with Crippen molar-refractivity contribution >= 4 is 28.4 Å². The first-order valence-electron chi connectivity index (χ1n) is 9.00. The Labute approximate surface area is 158 Å². The van der Waals surface area contributed by atoms with Crippen molar-refractivity contribution in [2.75, 3.05) is 11.9 Å². The third-order valence-electron chi connectivity index (χ3n) is 4.54. The summed E-state index contributed by atoms with van der Waals surface area (Å²) >= 11 is 0. The average molecular weight is 364 g/mol. The van der Waals surface area contributed by atoms with E-state index in [1.54, 1.807) is 18.2 Å². The van der Waals surface area contributed by atoms with Gasteiger partial charge in [-0.1, -0.05) is 18.2 Å². The van der Waals surface area contributed by atoms with Crippen molar-refractivity contribution in [3.63, 3.8) is 0 Å². The van der Waals surface area contributed by atoms with E-state index >= 15 is 0 Å². The molecule has 0 fully saturated rings. The van der Waals surface area contributed by atoms with E-state index in [0.29, 0.717) is 24.2 Å². The molecule has 5 N–H and O–H groups in total. The Hall–Kier alpha value is -3.12. The first-order valence-corrected chi connectivity index (χ1v) is 9.00. The molecule has 0 bridgehead atoms. The van der Waals surface area contributed by atoms with Crippen LogP contribution in [0.5, 0.6) is 0 Å². The fourth-order valence-corrected chi connectivity index (χ4v) is 3.06. The molecule has 1 heterocycles. The second-order valence-electron chi connectivity index (χ2n) is 6.55. The number of nitrogens with one attached hydrogen (secondary N) is 3. The van der Waals surface area contributed by atoms with E-state index in [2.05, 4.69) is 15.6 Å². The van der Waals surface area contributed by atoms with Crippen molar-refractivity contribution in [3.05, 3.63) is 65.4 Å². The van der Waals surface area contributed by atoms with Crippen LogP contribution >= 0.6 is 0 Å². The molecule has 0 radical (unpaired) electrons. The zero-order chi connectivity index (χ0) is 19.4. The SMILES string of the molecule is CCNC(=O)c1ccc(NC(=O)[C@H](N)Cc2c[nH]c3ccccc23)c(C)c1. The lowest BCUT2D eigenvalue weighted by molar-refractivity contribution is -0.117. The highest BCUT2D eigenvalue weighted by Gasteiger charge is 2.17. The number of benzene rings is 2. The molecule has 2 amide bonds. The van der Waals surface area contributed by atoms with Gasteiger partial charge in [-0.15, -0.1) is 0 Å².